The Morgan fingerprint density at radius 1 is 1.38 bits per heavy atom. The summed E-state index contributed by atoms with van der Waals surface area (Å²) in [6.45, 7) is 4.22. The molecular formula is C15H17FN4O. The van der Waals surface area contributed by atoms with Gasteiger partial charge in [-0.05, 0) is 37.3 Å². The summed E-state index contributed by atoms with van der Waals surface area (Å²) in [5.74, 6) is -0.343. The second-order valence-electron chi connectivity index (χ2n) is 5.28. The number of nitrogens with zero attached hydrogens (tertiary/aromatic N) is 2. The van der Waals surface area contributed by atoms with Gasteiger partial charge in [0.2, 0.25) is 0 Å². The number of H-pyrrole nitrogens is 1. The maximum absolute atomic E-state index is 12.9. The molecule has 2 N–H and O–H groups in total. The van der Waals surface area contributed by atoms with Crippen LogP contribution in [0, 0.1) is 5.82 Å². The van der Waals surface area contributed by atoms with Gasteiger partial charge in [-0.15, -0.1) is 0 Å². The number of hydrogen-bond donors (Lipinski definition) is 2. The first-order valence-corrected chi connectivity index (χ1v) is 6.97. The van der Waals surface area contributed by atoms with Gasteiger partial charge in [0, 0.05) is 31.2 Å². The highest BCUT2D eigenvalue weighted by Crippen LogP contribution is 2.19. The van der Waals surface area contributed by atoms with Crippen molar-refractivity contribution in [3.05, 3.63) is 41.8 Å². The van der Waals surface area contributed by atoms with E-state index in [0.29, 0.717) is 30.5 Å². The van der Waals surface area contributed by atoms with E-state index in [0.717, 1.165) is 12.1 Å². The number of hydrogen-bond acceptors (Lipinski definition) is 3. The molecule has 21 heavy (non-hydrogen) atoms. The second kappa shape index (κ2) is 5.65. The van der Waals surface area contributed by atoms with Crippen LogP contribution in [0.4, 0.5) is 4.39 Å². The van der Waals surface area contributed by atoms with Gasteiger partial charge in [-0.25, -0.2) is 4.39 Å². The van der Waals surface area contributed by atoms with Gasteiger partial charge in [0.15, 0.2) is 0 Å². The van der Waals surface area contributed by atoms with Crippen LogP contribution in [0.25, 0.3) is 11.3 Å². The van der Waals surface area contributed by atoms with E-state index in [2.05, 4.69) is 22.4 Å². The number of rotatable bonds is 2. The quantitative estimate of drug-likeness (QED) is 0.883. The van der Waals surface area contributed by atoms with Crippen LogP contribution in [-0.4, -0.2) is 46.7 Å². The van der Waals surface area contributed by atoms with Crippen LogP contribution >= 0.6 is 0 Å². The normalized spacial score (nSPS) is 18.8. The van der Waals surface area contributed by atoms with Crippen molar-refractivity contribution in [1.82, 2.24) is 20.4 Å². The van der Waals surface area contributed by atoms with Gasteiger partial charge < -0.3 is 10.2 Å². The maximum atomic E-state index is 12.9. The molecule has 5 nitrogen and oxygen atoms in total. The lowest BCUT2D eigenvalue weighted by atomic mass is 10.1. The zero-order chi connectivity index (χ0) is 14.8. The molecule has 0 radical (unpaired) electrons. The molecule has 1 fully saturated rings. The SMILES string of the molecule is CC1CN(C(=O)c2cc(-c3ccc(F)cc3)n[nH]2)CCN1. The van der Waals surface area contributed by atoms with E-state index in [9.17, 15) is 9.18 Å². The number of aromatic amines is 1. The Balaban J connectivity index is 1.78. The number of amides is 1. The molecule has 1 saturated heterocycles. The summed E-state index contributed by atoms with van der Waals surface area (Å²) in [7, 11) is 0. The largest absolute Gasteiger partial charge is 0.335 e. The standard InChI is InChI=1S/C15H17FN4O/c1-10-9-20(7-6-17-10)15(21)14-8-13(18-19-14)11-2-4-12(16)5-3-11/h2-5,8,10,17H,6-7,9H2,1H3,(H,18,19). The smallest absolute Gasteiger partial charge is 0.271 e. The van der Waals surface area contributed by atoms with E-state index < -0.39 is 0 Å². The van der Waals surface area contributed by atoms with Crippen LogP contribution < -0.4 is 5.32 Å². The van der Waals surface area contributed by atoms with Crippen molar-refractivity contribution in [2.45, 2.75) is 13.0 Å². The number of halogens is 1. The molecule has 1 aliphatic heterocycles. The molecule has 6 heteroatoms. The van der Waals surface area contributed by atoms with E-state index in [-0.39, 0.29) is 11.7 Å². The fraction of sp³-hybridized carbons (Fsp3) is 0.333. The van der Waals surface area contributed by atoms with E-state index in [4.69, 9.17) is 0 Å². The number of carbonyl (C=O) groups excluding carboxylic acids is 1. The Morgan fingerprint density at radius 3 is 2.86 bits per heavy atom. The summed E-state index contributed by atoms with van der Waals surface area (Å²) in [6, 6.07) is 8.05. The Kier molecular flexibility index (Phi) is 3.70. The number of piperazine rings is 1. The summed E-state index contributed by atoms with van der Waals surface area (Å²) in [5.41, 5.74) is 1.88. The van der Waals surface area contributed by atoms with Gasteiger partial charge in [0.25, 0.3) is 5.91 Å². The Bertz CT molecular complexity index is 637. The lowest BCUT2D eigenvalue weighted by molar-refractivity contribution is 0.0703. The molecule has 1 aliphatic rings. The van der Waals surface area contributed by atoms with E-state index in [1.165, 1.54) is 12.1 Å². The zero-order valence-corrected chi connectivity index (χ0v) is 11.8. The summed E-state index contributed by atoms with van der Waals surface area (Å²) in [4.78, 5) is 14.2. The van der Waals surface area contributed by atoms with Gasteiger partial charge in [-0.2, -0.15) is 5.10 Å². The predicted molar refractivity (Wildman–Crippen MR) is 77.3 cm³/mol. The first-order chi connectivity index (χ1) is 10.1. The van der Waals surface area contributed by atoms with E-state index >= 15 is 0 Å². The Labute approximate surface area is 122 Å². The predicted octanol–water partition coefficient (Wildman–Crippen LogP) is 1.65. The highest BCUT2D eigenvalue weighted by Gasteiger charge is 2.23. The topological polar surface area (TPSA) is 61.0 Å². The van der Waals surface area contributed by atoms with Crippen LogP contribution in [0.5, 0.6) is 0 Å². The van der Waals surface area contributed by atoms with Crippen LogP contribution in [-0.2, 0) is 0 Å². The molecule has 1 atom stereocenters. The lowest BCUT2D eigenvalue weighted by Gasteiger charge is -2.31. The van der Waals surface area contributed by atoms with Crippen LogP contribution in [0.3, 0.4) is 0 Å². The Morgan fingerprint density at radius 2 is 2.14 bits per heavy atom. The van der Waals surface area contributed by atoms with Crippen LogP contribution in [0.15, 0.2) is 30.3 Å². The fourth-order valence-corrected chi connectivity index (χ4v) is 2.49. The molecule has 2 heterocycles. The van der Waals surface area contributed by atoms with Crippen molar-refractivity contribution < 1.29 is 9.18 Å². The number of benzene rings is 1. The minimum absolute atomic E-state index is 0.0517. The highest BCUT2D eigenvalue weighted by atomic mass is 19.1. The third kappa shape index (κ3) is 2.95. The van der Waals surface area contributed by atoms with Crippen molar-refractivity contribution in [3.63, 3.8) is 0 Å². The molecule has 0 bridgehead atoms. The molecule has 2 aromatic rings. The molecule has 1 aromatic carbocycles. The van der Waals surface area contributed by atoms with Gasteiger partial charge in [-0.1, -0.05) is 0 Å². The summed E-state index contributed by atoms with van der Waals surface area (Å²) in [6.07, 6.45) is 0. The van der Waals surface area contributed by atoms with Crippen LogP contribution in [0.1, 0.15) is 17.4 Å². The van der Waals surface area contributed by atoms with Crippen molar-refractivity contribution in [2.24, 2.45) is 0 Å². The lowest BCUT2D eigenvalue weighted by Crippen LogP contribution is -2.51. The average Bonchev–Trinajstić information content (AvgIpc) is 2.97. The van der Waals surface area contributed by atoms with Crippen molar-refractivity contribution in [3.8, 4) is 11.3 Å². The van der Waals surface area contributed by atoms with Gasteiger partial charge >= 0.3 is 0 Å². The molecular weight excluding hydrogens is 271 g/mol. The average molecular weight is 288 g/mol. The van der Waals surface area contributed by atoms with E-state index in [1.807, 2.05) is 4.90 Å². The molecule has 110 valence electrons. The Hall–Kier alpha value is -2.21. The summed E-state index contributed by atoms with van der Waals surface area (Å²) >= 11 is 0. The van der Waals surface area contributed by atoms with Gasteiger partial charge in [0.1, 0.15) is 11.5 Å². The van der Waals surface area contributed by atoms with Gasteiger partial charge in [-0.3, -0.25) is 9.89 Å². The first kappa shape index (κ1) is 13.8. The third-order valence-electron chi connectivity index (χ3n) is 3.60. The second-order valence-corrected chi connectivity index (χ2v) is 5.28. The maximum Gasteiger partial charge on any atom is 0.271 e. The first-order valence-electron chi connectivity index (χ1n) is 6.97. The summed E-state index contributed by atoms with van der Waals surface area (Å²) < 4.78 is 12.9. The molecule has 0 spiro atoms. The van der Waals surface area contributed by atoms with Crippen molar-refractivity contribution >= 4 is 5.91 Å². The molecule has 1 amide bonds. The van der Waals surface area contributed by atoms with Gasteiger partial charge in [0.05, 0.1) is 5.69 Å². The van der Waals surface area contributed by atoms with Crippen molar-refractivity contribution in [1.29, 1.82) is 0 Å². The molecule has 1 aromatic heterocycles. The zero-order valence-electron chi connectivity index (χ0n) is 11.8. The fourth-order valence-electron chi connectivity index (χ4n) is 2.49. The van der Waals surface area contributed by atoms with E-state index in [1.54, 1.807) is 18.2 Å². The number of nitrogens with one attached hydrogen (secondary N) is 2. The molecule has 0 aliphatic carbocycles. The molecule has 0 saturated carbocycles. The molecule has 3 rings (SSSR count). The highest BCUT2D eigenvalue weighted by molar-refractivity contribution is 5.93. The van der Waals surface area contributed by atoms with Crippen LogP contribution in [0.2, 0.25) is 0 Å². The minimum atomic E-state index is -0.291. The third-order valence-corrected chi connectivity index (χ3v) is 3.60. The monoisotopic (exact) mass is 288 g/mol. The minimum Gasteiger partial charge on any atom is -0.335 e. The molecule has 1 unspecified atom stereocenters. The number of aromatic nitrogens is 2. The van der Waals surface area contributed by atoms with Crippen molar-refractivity contribution in [2.75, 3.05) is 19.6 Å². The summed E-state index contributed by atoms with van der Waals surface area (Å²) in [5, 5.41) is 10.2. The number of carbonyl (C=O) groups is 1.